The van der Waals surface area contributed by atoms with Crippen molar-refractivity contribution in [3.63, 3.8) is 0 Å². The third kappa shape index (κ3) is 4.43. The van der Waals surface area contributed by atoms with E-state index in [0.717, 1.165) is 37.2 Å². The summed E-state index contributed by atoms with van der Waals surface area (Å²) in [6.45, 7) is 1.78. The molecule has 3 aromatic rings. The zero-order chi connectivity index (χ0) is 18.5. The number of benzene rings is 1. The molecule has 2 aromatic heterocycles. The first kappa shape index (κ1) is 17.5. The lowest BCUT2D eigenvalue weighted by atomic mass is 9.98. The molecule has 0 spiro atoms. The van der Waals surface area contributed by atoms with E-state index in [4.69, 9.17) is 4.98 Å². The molecule has 7 heteroatoms. The average Bonchev–Trinajstić information content (AvgIpc) is 2.71. The molecule has 4 rings (SSSR count). The van der Waals surface area contributed by atoms with Gasteiger partial charge in [0.2, 0.25) is 5.95 Å². The summed E-state index contributed by atoms with van der Waals surface area (Å²) in [7, 11) is 0. The van der Waals surface area contributed by atoms with Gasteiger partial charge in [-0.3, -0.25) is 9.88 Å². The van der Waals surface area contributed by atoms with Crippen molar-refractivity contribution in [2.24, 2.45) is 0 Å². The van der Waals surface area contributed by atoms with E-state index < -0.39 is 0 Å². The highest BCUT2D eigenvalue weighted by Gasteiger charge is 2.25. The number of piperidine rings is 1. The Balaban J connectivity index is 1.52. The zero-order valence-electron chi connectivity index (χ0n) is 14.9. The highest BCUT2D eigenvalue weighted by atomic mass is 19.1. The summed E-state index contributed by atoms with van der Waals surface area (Å²) >= 11 is 0. The Kier molecular flexibility index (Phi) is 5.29. The summed E-state index contributed by atoms with van der Waals surface area (Å²) in [5.41, 5.74) is 2.09. The number of anilines is 2. The lowest BCUT2D eigenvalue weighted by molar-refractivity contribution is 0.137. The topological polar surface area (TPSA) is 66.8 Å². The smallest absolute Gasteiger partial charge is 0.228 e. The number of rotatable bonds is 5. The molecule has 1 aliphatic rings. The summed E-state index contributed by atoms with van der Waals surface area (Å²) in [4.78, 5) is 19.7. The van der Waals surface area contributed by atoms with Gasteiger partial charge in [-0.05, 0) is 43.1 Å². The van der Waals surface area contributed by atoms with Crippen LogP contribution in [0.25, 0.3) is 0 Å². The van der Waals surface area contributed by atoms with Gasteiger partial charge in [0, 0.05) is 25.1 Å². The zero-order valence-corrected chi connectivity index (χ0v) is 14.9. The summed E-state index contributed by atoms with van der Waals surface area (Å²) in [6, 6.07) is 8.91. The Morgan fingerprint density at radius 2 is 1.93 bits per heavy atom. The van der Waals surface area contributed by atoms with Crippen LogP contribution in [0.5, 0.6) is 0 Å². The Morgan fingerprint density at radius 3 is 2.74 bits per heavy atom. The molecule has 0 saturated carbocycles. The van der Waals surface area contributed by atoms with E-state index in [-0.39, 0.29) is 11.9 Å². The third-order valence-electron chi connectivity index (χ3n) is 4.73. The second kappa shape index (κ2) is 8.18. The number of nitrogens with one attached hydrogen (secondary N) is 1. The molecule has 0 amide bonds. The Labute approximate surface area is 157 Å². The minimum Gasteiger partial charge on any atom is -0.307 e. The maximum atomic E-state index is 13.2. The molecule has 138 valence electrons. The molecular formula is C20H21FN6. The molecule has 0 aliphatic carbocycles. The maximum absolute atomic E-state index is 13.2. The van der Waals surface area contributed by atoms with E-state index in [1.165, 1.54) is 18.6 Å². The number of nitrogens with zero attached hydrogens (tertiary/aromatic N) is 5. The van der Waals surface area contributed by atoms with Gasteiger partial charge in [-0.25, -0.2) is 19.3 Å². The fraction of sp³-hybridized carbons (Fsp3) is 0.300. The van der Waals surface area contributed by atoms with Crippen molar-refractivity contribution in [1.82, 2.24) is 24.8 Å². The van der Waals surface area contributed by atoms with Crippen molar-refractivity contribution in [1.29, 1.82) is 0 Å². The monoisotopic (exact) mass is 364 g/mol. The second-order valence-electron chi connectivity index (χ2n) is 6.63. The molecule has 1 fully saturated rings. The van der Waals surface area contributed by atoms with E-state index in [1.807, 2.05) is 18.2 Å². The average molecular weight is 364 g/mol. The van der Waals surface area contributed by atoms with Gasteiger partial charge in [0.15, 0.2) is 5.82 Å². The number of hydrogen-bond acceptors (Lipinski definition) is 6. The molecule has 1 N–H and O–H groups in total. The Hall–Kier alpha value is -2.93. The van der Waals surface area contributed by atoms with Crippen molar-refractivity contribution in [3.05, 3.63) is 72.2 Å². The quantitative estimate of drug-likeness (QED) is 0.741. The van der Waals surface area contributed by atoms with Crippen LogP contribution in [0.4, 0.5) is 16.2 Å². The normalized spacial score (nSPS) is 17.6. The molecule has 0 bridgehead atoms. The molecule has 1 saturated heterocycles. The molecule has 3 heterocycles. The number of hydrogen-bond donors (Lipinski definition) is 1. The molecule has 1 aromatic carbocycles. The van der Waals surface area contributed by atoms with Crippen molar-refractivity contribution < 1.29 is 4.39 Å². The molecule has 27 heavy (non-hydrogen) atoms. The second-order valence-corrected chi connectivity index (χ2v) is 6.63. The van der Waals surface area contributed by atoms with E-state index in [1.54, 1.807) is 24.8 Å². The van der Waals surface area contributed by atoms with Crippen LogP contribution in [-0.2, 0) is 6.54 Å². The van der Waals surface area contributed by atoms with Crippen LogP contribution in [0.3, 0.4) is 0 Å². The van der Waals surface area contributed by atoms with Crippen LogP contribution in [0, 0.1) is 5.82 Å². The van der Waals surface area contributed by atoms with E-state index in [2.05, 4.69) is 25.2 Å². The van der Waals surface area contributed by atoms with Gasteiger partial charge in [-0.15, -0.1) is 0 Å². The van der Waals surface area contributed by atoms with Gasteiger partial charge in [0.1, 0.15) is 5.82 Å². The molecule has 0 radical (unpaired) electrons. The predicted molar refractivity (Wildman–Crippen MR) is 101 cm³/mol. The first-order valence-electron chi connectivity index (χ1n) is 9.12. The minimum absolute atomic E-state index is 0.204. The van der Waals surface area contributed by atoms with Gasteiger partial charge in [0.05, 0.1) is 17.9 Å². The van der Waals surface area contributed by atoms with Gasteiger partial charge >= 0.3 is 0 Å². The van der Waals surface area contributed by atoms with Crippen molar-refractivity contribution in [2.75, 3.05) is 11.9 Å². The first-order chi connectivity index (χ1) is 13.3. The van der Waals surface area contributed by atoms with Crippen LogP contribution in [0.15, 0.2) is 55.1 Å². The van der Waals surface area contributed by atoms with Crippen molar-refractivity contribution >= 4 is 11.8 Å². The summed E-state index contributed by atoms with van der Waals surface area (Å²) in [5.74, 6) is 0.922. The van der Waals surface area contributed by atoms with Crippen molar-refractivity contribution in [2.45, 2.75) is 31.8 Å². The largest absolute Gasteiger partial charge is 0.307 e. The molecule has 0 unspecified atom stereocenters. The fourth-order valence-corrected chi connectivity index (χ4v) is 3.44. The summed E-state index contributed by atoms with van der Waals surface area (Å²) in [6.07, 6.45) is 10.0. The minimum atomic E-state index is -0.204. The van der Waals surface area contributed by atoms with Crippen LogP contribution in [0.1, 0.15) is 36.6 Å². The first-order valence-corrected chi connectivity index (χ1v) is 9.12. The maximum Gasteiger partial charge on any atom is 0.228 e. The van der Waals surface area contributed by atoms with Gasteiger partial charge in [-0.1, -0.05) is 18.6 Å². The lowest BCUT2D eigenvalue weighted by Gasteiger charge is -2.35. The van der Waals surface area contributed by atoms with E-state index >= 15 is 0 Å². The number of likely N-dealkylation sites (tertiary alicyclic amines) is 1. The lowest BCUT2D eigenvalue weighted by Crippen LogP contribution is -2.33. The Morgan fingerprint density at radius 1 is 1.04 bits per heavy atom. The molecule has 1 atom stereocenters. The molecular weight excluding hydrogens is 343 g/mol. The van der Waals surface area contributed by atoms with Crippen LogP contribution >= 0.6 is 0 Å². The van der Waals surface area contributed by atoms with E-state index in [9.17, 15) is 4.39 Å². The molecule has 1 aliphatic heterocycles. The van der Waals surface area contributed by atoms with Gasteiger partial charge < -0.3 is 5.32 Å². The van der Waals surface area contributed by atoms with Gasteiger partial charge in [-0.2, -0.15) is 0 Å². The SMILES string of the molecule is Fc1ccc(CN2CCCC[C@@H]2c2ccnc(Nc3cnccn3)n2)cc1. The van der Waals surface area contributed by atoms with Crippen molar-refractivity contribution in [3.8, 4) is 0 Å². The third-order valence-corrected chi connectivity index (χ3v) is 4.73. The summed E-state index contributed by atoms with van der Waals surface area (Å²) in [5, 5.41) is 3.10. The van der Waals surface area contributed by atoms with Crippen LogP contribution in [-0.4, -0.2) is 31.4 Å². The number of aromatic nitrogens is 4. The van der Waals surface area contributed by atoms with Crippen LogP contribution < -0.4 is 5.32 Å². The fourth-order valence-electron chi connectivity index (χ4n) is 3.44. The Bertz CT molecular complexity index is 871. The molecule has 6 nitrogen and oxygen atoms in total. The highest BCUT2D eigenvalue weighted by molar-refractivity contribution is 5.45. The van der Waals surface area contributed by atoms with Crippen LogP contribution in [0.2, 0.25) is 0 Å². The van der Waals surface area contributed by atoms with E-state index in [0.29, 0.717) is 11.8 Å². The number of halogens is 1. The highest BCUT2D eigenvalue weighted by Crippen LogP contribution is 2.31. The van der Waals surface area contributed by atoms with Gasteiger partial charge in [0.25, 0.3) is 0 Å². The standard InChI is InChI=1S/C20H21FN6/c21-16-6-4-15(5-7-16)14-27-12-2-1-3-18(27)17-8-9-24-20(25-17)26-19-13-22-10-11-23-19/h4-11,13,18H,1-3,12,14H2,(H,23,24,25,26)/t18-/m1/s1. The predicted octanol–water partition coefficient (Wildman–Crippen LogP) is 3.88. The summed E-state index contributed by atoms with van der Waals surface area (Å²) < 4.78 is 13.2.